The van der Waals surface area contributed by atoms with Crippen LogP contribution in [0.1, 0.15) is 22.0 Å². The van der Waals surface area contributed by atoms with Gasteiger partial charge in [0.25, 0.3) is 0 Å². The molecule has 0 fully saturated rings. The van der Waals surface area contributed by atoms with E-state index in [2.05, 4.69) is 0 Å². The van der Waals surface area contributed by atoms with Gasteiger partial charge < -0.3 is 9.47 Å². The van der Waals surface area contributed by atoms with Gasteiger partial charge in [-0.1, -0.05) is 60.7 Å². The quantitative estimate of drug-likeness (QED) is 0.817. The van der Waals surface area contributed by atoms with Gasteiger partial charge in [0.2, 0.25) is 0 Å². The normalized spacial score (nSPS) is 14.2. The smallest absolute Gasteiger partial charge is 0.160 e. The number of hydrogen-bond acceptors (Lipinski definition) is 3. The zero-order chi connectivity index (χ0) is 14.4. The summed E-state index contributed by atoms with van der Waals surface area (Å²) in [6.07, 6.45) is 0. The molecule has 3 nitrogen and oxygen atoms in total. The van der Waals surface area contributed by atoms with Crippen molar-refractivity contribution in [3.63, 3.8) is 0 Å². The maximum atomic E-state index is 12.8. The lowest BCUT2D eigenvalue weighted by Crippen LogP contribution is -2.17. The molecule has 0 radical (unpaired) electrons. The fourth-order valence-corrected chi connectivity index (χ4v) is 3.52. The SMILES string of the molecule is CO[C@@H](c1ccccc1)S(=O)[C@@H](OC)c1ccccc1. The van der Waals surface area contributed by atoms with Crippen LogP contribution in [0, 0.1) is 0 Å². The molecule has 0 spiro atoms. The van der Waals surface area contributed by atoms with Gasteiger partial charge in [-0.05, 0) is 11.1 Å². The molecule has 20 heavy (non-hydrogen) atoms. The summed E-state index contributed by atoms with van der Waals surface area (Å²) in [6.45, 7) is 0. The van der Waals surface area contributed by atoms with Gasteiger partial charge in [-0.3, -0.25) is 4.21 Å². The van der Waals surface area contributed by atoms with Crippen LogP contribution >= 0.6 is 0 Å². The number of ether oxygens (including phenoxy) is 2. The molecular formula is C16H18O3S. The lowest BCUT2D eigenvalue weighted by molar-refractivity contribution is 0.143. The second kappa shape index (κ2) is 7.33. The maximum Gasteiger partial charge on any atom is 0.160 e. The minimum atomic E-state index is -1.34. The minimum Gasteiger partial charge on any atom is -0.363 e. The van der Waals surface area contributed by atoms with Gasteiger partial charge in [-0.2, -0.15) is 0 Å². The van der Waals surface area contributed by atoms with Crippen molar-refractivity contribution < 1.29 is 13.7 Å². The fraction of sp³-hybridized carbons (Fsp3) is 0.250. The predicted octanol–water partition coefficient (Wildman–Crippen LogP) is 3.43. The lowest BCUT2D eigenvalue weighted by Gasteiger charge is -2.22. The summed E-state index contributed by atoms with van der Waals surface area (Å²) in [4.78, 5) is 0. The molecule has 0 aliphatic rings. The molecule has 0 amide bonds. The number of benzene rings is 2. The van der Waals surface area contributed by atoms with Crippen LogP contribution in [0.25, 0.3) is 0 Å². The fourth-order valence-electron chi connectivity index (χ4n) is 2.06. The molecule has 0 heterocycles. The molecule has 0 aromatic heterocycles. The zero-order valence-corrected chi connectivity index (χ0v) is 12.4. The summed E-state index contributed by atoms with van der Waals surface area (Å²) < 4.78 is 23.6. The highest BCUT2D eigenvalue weighted by Gasteiger charge is 2.27. The molecule has 0 unspecified atom stereocenters. The van der Waals surface area contributed by atoms with Gasteiger partial charge in [-0.25, -0.2) is 0 Å². The first kappa shape index (κ1) is 14.9. The summed E-state index contributed by atoms with van der Waals surface area (Å²) >= 11 is 0. The first-order chi connectivity index (χ1) is 9.77. The molecular weight excluding hydrogens is 272 g/mol. The third kappa shape index (κ3) is 3.33. The highest BCUT2D eigenvalue weighted by molar-refractivity contribution is 7.85. The van der Waals surface area contributed by atoms with Gasteiger partial charge in [0, 0.05) is 14.2 Å². The first-order valence-electron chi connectivity index (χ1n) is 6.32. The van der Waals surface area contributed by atoms with E-state index in [-0.39, 0.29) is 0 Å². The van der Waals surface area contributed by atoms with E-state index in [9.17, 15) is 4.21 Å². The maximum absolute atomic E-state index is 12.8. The molecule has 0 bridgehead atoms. The molecule has 2 aromatic carbocycles. The molecule has 0 saturated carbocycles. The monoisotopic (exact) mass is 290 g/mol. The Labute approximate surface area is 122 Å². The van der Waals surface area contributed by atoms with E-state index in [4.69, 9.17) is 9.47 Å². The second-order valence-corrected chi connectivity index (χ2v) is 5.80. The van der Waals surface area contributed by atoms with Gasteiger partial charge in [0.1, 0.15) is 0 Å². The molecule has 0 aliphatic heterocycles. The van der Waals surface area contributed by atoms with E-state index >= 15 is 0 Å². The van der Waals surface area contributed by atoms with Gasteiger partial charge in [0.15, 0.2) is 10.9 Å². The summed E-state index contributed by atoms with van der Waals surface area (Å²) in [5, 5.41) is 0. The van der Waals surface area contributed by atoms with Crippen molar-refractivity contribution in [3.8, 4) is 0 Å². The Morgan fingerprint density at radius 2 is 1.10 bits per heavy atom. The van der Waals surface area contributed by atoms with Crippen LogP contribution in [0.4, 0.5) is 0 Å². The van der Waals surface area contributed by atoms with Crippen LogP contribution in [0.15, 0.2) is 60.7 Å². The highest BCUT2D eigenvalue weighted by atomic mass is 32.2. The number of methoxy groups -OCH3 is 2. The standard InChI is InChI=1S/C16H18O3S/c1-18-15(13-9-5-3-6-10-13)20(17)16(19-2)14-11-7-4-8-12-14/h3-12,15-16H,1-2H3/t15-,16-/m1/s1. The first-order valence-corrected chi connectivity index (χ1v) is 7.60. The van der Waals surface area contributed by atoms with Crippen molar-refractivity contribution in [2.24, 2.45) is 0 Å². The Morgan fingerprint density at radius 1 is 0.750 bits per heavy atom. The Morgan fingerprint density at radius 3 is 1.40 bits per heavy atom. The second-order valence-electron chi connectivity index (χ2n) is 4.29. The average molecular weight is 290 g/mol. The molecule has 2 rings (SSSR count). The summed E-state index contributed by atoms with van der Waals surface area (Å²) in [5.74, 6) is 0. The van der Waals surface area contributed by atoms with E-state index in [0.29, 0.717) is 0 Å². The predicted molar refractivity (Wildman–Crippen MR) is 80.5 cm³/mol. The van der Waals surface area contributed by atoms with Crippen LogP contribution < -0.4 is 0 Å². The number of hydrogen-bond donors (Lipinski definition) is 0. The summed E-state index contributed by atoms with van der Waals surface area (Å²) in [6, 6.07) is 19.1. The van der Waals surface area contributed by atoms with Crippen molar-refractivity contribution in [2.75, 3.05) is 14.2 Å². The summed E-state index contributed by atoms with van der Waals surface area (Å²) in [5.41, 5.74) is 0.736. The lowest BCUT2D eigenvalue weighted by atomic mass is 10.2. The third-order valence-electron chi connectivity index (χ3n) is 2.99. The van der Waals surface area contributed by atoms with Gasteiger partial charge >= 0.3 is 0 Å². The van der Waals surface area contributed by atoms with Crippen LogP contribution in [-0.4, -0.2) is 18.4 Å². The molecule has 0 N–H and O–H groups in total. The van der Waals surface area contributed by atoms with E-state index < -0.39 is 21.7 Å². The Bertz CT molecular complexity index is 493. The van der Waals surface area contributed by atoms with Crippen LogP contribution in [0.5, 0.6) is 0 Å². The molecule has 2 atom stereocenters. The molecule has 2 aromatic rings. The van der Waals surface area contributed by atoms with Crippen molar-refractivity contribution in [1.82, 2.24) is 0 Å². The Kier molecular flexibility index (Phi) is 5.47. The van der Waals surface area contributed by atoms with Gasteiger partial charge in [0.05, 0.1) is 10.8 Å². The molecule has 106 valence electrons. The zero-order valence-electron chi connectivity index (χ0n) is 11.6. The van der Waals surface area contributed by atoms with E-state index in [1.54, 1.807) is 14.2 Å². The van der Waals surface area contributed by atoms with E-state index in [1.165, 1.54) is 0 Å². The van der Waals surface area contributed by atoms with Crippen molar-refractivity contribution in [2.45, 2.75) is 10.9 Å². The number of rotatable bonds is 6. The highest BCUT2D eigenvalue weighted by Crippen LogP contribution is 2.31. The minimum absolute atomic E-state index is 0.513. The Balaban J connectivity index is 2.28. The van der Waals surface area contributed by atoms with E-state index in [1.807, 2.05) is 60.7 Å². The van der Waals surface area contributed by atoms with Crippen LogP contribution in [0.3, 0.4) is 0 Å². The molecule has 0 aliphatic carbocycles. The molecule has 0 saturated heterocycles. The van der Waals surface area contributed by atoms with E-state index in [0.717, 1.165) is 11.1 Å². The largest absolute Gasteiger partial charge is 0.363 e. The third-order valence-corrected chi connectivity index (χ3v) is 4.77. The summed E-state index contributed by atoms with van der Waals surface area (Å²) in [7, 11) is 1.78. The van der Waals surface area contributed by atoms with Crippen LogP contribution in [0.2, 0.25) is 0 Å². The Hall–Kier alpha value is -1.49. The molecule has 4 heteroatoms. The van der Waals surface area contributed by atoms with Crippen molar-refractivity contribution in [1.29, 1.82) is 0 Å². The van der Waals surface area contributed by atoms with Crippen molar-refractivity contribution in [3.05, 3.63) is 71.8 Å². The topological polar surface area (TPSA) is 35.5 Å². The van der Waals surface area contributed by atoms with Crippen molar-refractivity contribution >= 4 is 10.8 Å². The average Bonchev–Trinajstić information content (AvgIpc) is 2.51. The van der Waals surface area contributed by atoms with Crippen LogP contribution in [-0.2, 0) is 20.3 Å². The van der Waals surface area contributed by atoms with Gasteiger partial charge in [-0.15, -0.1) is 0 Å².